The third kappa shape index (κ3) is 4.43. The molecule has 0 spiro atoms. The summed E-state index contributed by atoms with van der Waals surface area (Å²) in [4.78, 5) is 11.6. The van der Waals surface area contributed by atoms with Crippen LogP contribution in [0.2, 0.25) is 0 Å². The minimum Gasteiger partial charge on any atom is -0.415 e. The Bertz CT molecular complexity index is 933. The Balaban J connectivity index is 1.68. The molecule has 0 radical (unpaired) electrons. The number of nitro benzene ring substituents is 1. The zero-order valence-corrected chi connectivity index (χ0v) is 16.5. The van der Waals surface area contributed by atoms with Gasteiger partial charge in [-0.25, -0.2) is 0 Å². The minimum atomic E-state index is -0.433. The number of nitrogens with zero attached hydrogens (tertiary/aromatic N) is 3. The molecule has 1 N–H and O–H groups in total. The Morgan fingerprint density at radius 3 is 2.25 bits per heavy atom. The number of hydrogen-bond acceptors (Lipinski definition) is 5. The van der Waals surface area contributed by atoms with Gasteiger partial charge in [0.15, 0.2) is 6.04 Å². The average molecular weight is 381 g/mol. The van der Waals surface area contributed by atoms with Crippen molar-refractivity contribution >= 4 is 5.69 Å². The van der Waals surface area contributed by atoms with Crippen LogP contribution in [-0.4, -0.2) is 22.2 Å². The molecule has 1 heterocycles. The van der Waals surface area contributed by atoms with Gasteiger partial charge in [-0.3, -0.25) is 10.1 Å². The Hall–Kier alpha value is -3.06. The van der Waals surface area contributed by atoms with Gasteiger partial charge in [-0.1, -0.05) is 38.1 Å². The summed E-state index contributed by atoms with van der Waals surface area (Å²) < 4.78 is 5.83. The average Bonchev–Trinajstić information content (AvgIpc) is 3.18. The van der Waals surface area contributed by atoms with E-state index in [4.69, 9.17) is 4.42 Å². The van der Waals surface area contributed by atoms with Crippen molar-refractivity contribution in [3.8, 4) is 11.5 Å². The normalized spacial score (nSPS) is 13.5. The van der Waals surface area contributed by atoms with E-state index in [0.717, 1.165) is 6.54 Å². The van der Waals surface area contributed by atoms with Gasteiger partial charge in [-0.05, 0) is 30.5 Å². The molecule has 3 rings (SSSR count). The molecule has 7 nitrogen and oxygen atoms in total. The predicted octanol–water partition coefficient (Wildman–Crippen LogP) is 3.54. The molecule has 2 aromatic carbocycles. The Labute approximate surface area is 164 Å². The van der Waals surface area contributed by atoms with Crippen LogP contribution in [0.3, 0.4) is 0 Å². The van der Waals surface area contributed by atoms with Crippen molar-refractivity contribution in [2.75, 3.05) is 7.05 Å². The van der Waals surface area contributed by atoms with Crippen LogP contribution >= 0.6 is 0 Å². The van der Waals surface area contributed by atoms with Gasteiger partial charge >= 0.3 is 0 Å². The van der Waals surface area contributed by atoms with Crippen molar-refractivity contribution in [2.45, 2.75) is 39.3 Å². The first-order valence-electron chi connectivity index (χ1n) is 9.34. The molecule has 7 heteroatoms. The lowest BCUT2D eigenvalue weighted by atomic mass is 10.0. The molecule has 1 unspecified atom stereocenters. The second kappa shape index (κ2) is 8.31. The third-order valence-corrected chi connectivity index (χ3v) is 5.00. The fraction of sp³-hybridized carbons (Fsp3) is 0.333. The molecule has 146 valence electrons. The van der Waals surface area contributed by atoms with Gasteiger partial charge < -0.3 is 9.32 Å². The number of benzene rings is 2. The first-order chi connectivity index (χ1) is 13.3. The molecule has 3 aromatic rings. The molecule has 0 aliphatic rings. The smallest absolute Gasteiger partial charge is 0.274 e. The van der Waals surface area contributed by atoms with Gasteiger partial charge in [-0.15, -0.1) is 10.2 Å². The zero-order valence-electron chi connectivity index (χ0n) is 16.5. The van der Waals surface area contributed by atoms with Crippen molar-refractivity contribution in [3.63, 3.8) is 0 Å². The SMILES string of the molecule is CC(C)c1ccc(C[NH+](C)[C@@H](C)c2nnc(-c3ccc([N+](=O)[O-])cc3)o2)cc1. The summed E-state index contributed by atoms with van der Waals surface area (Å²) >= 11 is 0. The summed E-state index contributed by atoms with van der Waals surface area (Å²) in [5, 5.41) is 19.1. The lowest BCUT2D eigenvalue weighted by Gasteiger charge is -2.19. The maximum atomic E-state index is 10.8. The standard InChI is InChI=1S/C21H24N4O3/c1-14(2)17-7-5-16(6-8-17)13-24(4)15(3)20-22-23-21(28-20)18-9-11-19(12-10-18)25(26)27/h5-12,14-15H,13H2,1-4H3/p+1/t15-/m0/s1. The van der Waals surface area contributed by atoms with Gasteiger partial charge in [0.1, 0.15) is 6.54 Å². The van der Waals surface area contributed by atoms with Gasteiger partial charge in [-0.2, -0.15) is 0 Å². The maximum Gasteiger partial charge on any atom is 0.274 e. The lowest BCUT2D eigenvalue weighted by molar-refractivity contribution is -0.925. The van der Waals surface area contributed by atoms with Crippen LogP contribution in [0.5, 0.6) is 0 Å². The molecule has 1 aromatic heterocycles. The second-order valence-electron chi connectivity index (χ2n) is 7.39. The highest BCUT2D eigenvalue weighted by Crippen LogP contribution is 2.22. The number of hydrogen-bond donors (Lipinski definition) is 1. The van der Waals surface area contributed by atoms with Crippen LogP contribution in [0.4, 0.5) is 5.69 Å². The molecular formula is C21H25N4O3+. The van der Waals surface area contributed by atoms with Crippen molar-refractivity contribution in [2.24, 2.45) is 0 Å². The van der Waals surface area contributed by atoms with Crippen LogP contribution in [0.15, 0.2) is 52.9 Å². The number of rotatable bonds is 7. The van der Waals surface area contributed by atoms with E-state index in [1.54, 1.807) is 12.1 Å². The summed E-state index contributed by atoms with van der Waals surface area (Å²) in [6.45, 7) is 7.26. The Morgan fingerprint density at radius 2 is 1.68 bits per heavy atom. The lowest BCUT2D eigenvalue weighted by Crippen LogP contribution is -3.07. The van der Waals surface area contributed by atoms with Crippen LogP contribution in [0.1, 0.15) is 49.7 Å². The van der Waals surface area contributed by atoms with Gasteiger partial charge in [0.2, 0.25) is 5.89 Å². The van der Waals surface area contributed by atoms with E-state index < -0.39 is 4.92 Å². The fourth-order valence-corrected chi connectivity index (χ4v) is 2.96. The van der Waals surface area contributed by atoms with Crippen molar-refractivity contribution in [1.29, 1.82) is 0 Å². The molecule has 0 saturated heterocycles. The summed E-state index contributed by atoms with van der Waals surface area (Å²) in [5.41, 5.74) is 3.28. The quantitative estimate of drug-likeness (QED) is 0.500. The van der Waals surface area contributed by atoms with E-state index in [9.17, 15) is 10.1 Å². The Morgan fingerprint density at radius 1 is 1.04 bits per heavy atom. The van der Waals surface area contributed by atoms with Crippen molar-refractivity contribution in [1.82, 2.24) is 10.2 Å². The monoisotopic (exact) mass is 381 g/mol. The molecular weight excluding hydrogens is 356 g/mol. The highest BCUT2D eigenvalue weighted by molar-refractivity contribution is 5.55. The number of nitro groups is 1. The highest BCUT2D eigenvalue weighted by atomic mass is 16.6. The largest absolute Gasteiger partial charge is 0.415 e. The Kier molecular flexibility index (Phi) is 5.84. The molecule has 0 aliphatic carbocycles. The molecule has 0 amide bonds. The van der Waals surface area contributed by atoms with E-state index in [2.05, 4.69) is 55.4 Å². The minimum absolute atomic E-state index is 0.0177. The summed E-state index contributed by atoms with van der Waals surface area (Å²) in [5.74, 6) is 1.43. The predicted molar refractivity (Wildman–Crippen MR) is 106 cm³/mol. The van der Waals surface area contributed by atoms with Crippen molar-refractivity contribution in [3.05, 3.63) is 75.7 Å². The van der Waals surface area contributed by atoms with E-state index in [0.29, 0.717) is 23.3 Å². The first kappa shape index (κ1) is 19.7. The van der Waals surface area contributed by atoms with Crippen LogP contribution in [0, 0.1) is 10.1 Å². The summed E-state index contributed by atoms with van der Waals surface area (Å²) in [7, 11) is 2.09. The summed E-state index contributed by atoms with van der Waals surface area (Å²) in [6.07, 6.45) is 0. The number of nitrogens with one attached hydrogen (secondary N) is 1. The number of aromatic nitrogens is 2. The first-order valence-corrected chi connectivity index (χ1v) is 9.34. The molecule has 2 atom stereocenters. The van der Waals surface area contributed by atoms with Crippen molar-refractivity contribution < 1.29 is 14.2 Å². The molecule has 28 heavy (non-hydrogen) atoms. The number of non-ortho nitro benzene ring substituents is 1. The second-order valence-corrected chi connectivity index (χ2v) is 7.39. The maximum absolute atomic E-state index is 10.8. The zero-order chi connectivity index (χ0) is 20.3. The van der Waals surface area contributed by atoms with E-state index in [-0.39, 0.29) is 11.7 Å². The highest BCUT2D eigenvalue weighted by Gasteiger charge is 2.23. The molecule has 0 aliphatic heterocycles. The van der Waals surface area contributed by atoms with E-state index >= 15 is 0 Å². The molecule has 0 fully saturated rings. The van der Waals surface area contributed by atoms with Gasteiger partial charge in [0.25, 0.3) is 11.6 Å². The molecule has 0 saturated carbocycles. The van der Waals surface area contributed by atoms with Crippen LogP contribution < -0.4 is 4.90 Å². The summed E-state index contributed by atoms with van der Waals surface area (Å²) in [6, 6.07) is 14.8. The molecule has 0 bridgehead atoms. The number of quaternary nitrogens is 1. The topological polar surface area (TPSA) is 86.5 Å². The van der Waals surface area contributed by atoms with Gasteiger partial charge in [0.05, 0.1) is 12.0 Å². The fourth-order valence-electron chi connectivity index (χ4n) is 2.96. The van der Waals surface area contributed by atoms with Crippen LogP contribution in [0.25, 0.3) is 11.5 Å². The van der Waals surface area contributed by atoms with Crippen LogP contribution in [-0.2, 0) is 6.54 Å². The van der Waals surface area contributed by atoms with Gasteiger partial charge in [0, 0.05) is 23.3 Å². The third-order valence-electron chi connectivity index (χ3n) is 5.00. The van der Waals surface area contributed by atoms with E-state index in [1.165, 1.54) is 28.2 Å². The van der Waals surface area contributed by atoms with E-state index in [1.807, 2.05) is 6.92 Å².